The summed E-state index contributed by atoms with van der Waals surface area (Å²) in [6.45, 7) is 5.98. The van der Waals surface area contributed by atoms with E-state index in [1.165, 1.54) is 0 Å². The van der Waals surface area contributed by atoms with E-state index < -0.39 is 5.92 Å². The van der Waals surface area contributed by atoms with Gasteiger partial charge in [0.25, 0.3) is 0 Å². The summed E-state index contributed by atoms with van der Waals surface area (Å²) in [5, 5.41) is 5.35. The zero-order chi connectivity index (χ0) is 20.5. The number of fused-ring (bicyclic) bond motifs is 1. The smallest absolute Gasteiger partial charge is 0.226 e. The molecule has 7 heteroatoms. The molecule has 0 saturated carbocycles. The van der Waals surface area contributed by atoms with E-state index in [1.807, 2.05) is 41.2 Å². The molecular weight excluding hydrogens is 382 g/mol. The Balaban J connectivity index is 1.88. The number of nitrogens with two attached hydrogens (primary N) is 1. The third-order valence-corrected chi connectivity index (χ3v) is 5.69. The molecule has 4 rings (SSSR count). The minimum atomic E-state index is -0.455. The SMILES string of the molecule is CC(C)Nc1cnc(-c2cc(-c3ccccc3)c3nc(C(C)C(N)=O)cn3c2)s1. The van der Waals surface area contributed by atoms with Crippen LogP contribution in [0.2, 0.25) is 0 Å². The highest BCUT2D eigenvalue weighted by Gasteiger charge is 2.19. The van der Waals surface area contributed by atoms with Gasteiger partial charge in [0.1, 0.15) is 15.7 Å². The molecular formula is C22H23N5OS. The first-order valence-electron chi connectivity index (χ1n) is 9.52. The maximum Gasteiger partial charge on any atom is 0.226 e. The highest BCUT2D eigenvalue weighted by Crippen LogP contribution is 2.34. The lowest BCUT2D eigenvalue weighted by atomic mass is 10.1. The Kier molecular flexibility index (Phi) is 5.07. The number of carbonyl (C=O) groups is 1. The predicted molar refractivity (Wildman–Crippen MR) is 118 cm³/mol. The Bertz CT molecular complexity index is 1160. The highest BCUT2D eigenvalue weighted by atomic mass is 32.1. The molecule has 1 aromatic carbocycles. The quantitative estimate of drug-likeness (QED) is 0.493. The van der Waals surface area contributed by atoms with Crippen molar-refractivity contribution >= 4 is 27.9 Å². The first kappa shape index (κ1) is 19.1. The number of benzene rings is 1. The largest absolute Gasteiger partial charge is 0.373 e. The van der Waals surface area contributed by atoms with Crippen LogP contribution in [0.5, 0.6) is 0 Å². The molecule has 1 amide bonds. The van der Waals surface area contributed by atoms with Crippen molar-refractivity contribution in [3.8, 4) is 21.7 Å². The zero-order valence-electron chi connectivity index (χ0n) is 16.6. The lowest BCUT2D eigenvalue weighted by Crippen LogP contribution is -2.18. The van der Waals surface area contributed by atoms with E-state index in [2.05, 4.69) is 42.3 Å². The van der Waals surface area contributed by atoms with Gasteiger partial charge in [0, 0.05) is 29.6 Å². The van der Waals surface area contributed by atoms with E-state index in [0.717, 1.165) is 32.3 Å². The molecule has 3 heterocycles. The van der Waals surface area contributed by atoms with Gasteiger partial charge in [0.2, 0.25) is 5.91 Å². The maximum absolute atomic E-state index is 11.7. The van der Waals surface area contributed by atoms with E-state index in [9.17, 15) is 4.79 Å². The molecule has 148 valence electrons. The van der Waals surface area contributed by atoms with Crippen LogP contribution in [-0.4, -0.2) is 26.3 Å². The average molecular weight is 406 g/mol. The number of hydrogen-bond donors (Lipinski definition) is 2. The molecule has 4 aromatic rings. The fraction of sp³-hybridized carbons (Fsp3) is 0.227. The van der Waals surface area contributed by atoms with Gasteiger partial charge < -0.3 is 15.5 Å². The summed E-state index contributed by atoms with van der Waals surface area (Å²) in [7, 11) is 0. The van der Waals surface area contributed by atoms with Crippen LogP contribution in [0, 0.1) is 0 Å². The highest BCUT2D eigenvalue weighted by molar-refractivity contribution is 7.18. The number of thiazole rings is 1. The van der Waals surface area contributed by atoms with Gasteiger partial charge in [-0.15, -0.1) is 0 Å². The zero-order valence-corrected chi connectivity index (χ0v) is 17.4. The first-order valence-corrected chi connectivity index (χ1v) is 10.3. The Hall–Kier alpha value is -3.19. The van der Waals surface area contributed by atoms with Crippen LogP contribution in [-0.2, 0) is 4.79 Å². The van der Waals surface area contributed by atoms with Crippen LogP contribution in [0.15, 0.2) is 55.0 Å². The van der Waals surface area contributed by atoms with Gasteiger partial charge in [-0.2, -0.15) is 0 Å². The third-order valence-electron chi connectivity index (χ3n) is 4.71. The number of anilines is 1. The number of nitrogens with zero attached hydrogens (tertiary/aromatic N) is 3. The number of amides is 1. The molecule has 6 nitrogen and oxygen atoms in total. The van der Waals surface area contributed by atoms with Crippen molar-refractivity contribution in [2.24, 2.45) is 5.73 Å². The lowest BCUT2D eigenvalue weighted by molar-refractivity contribution is -0.119. The summed E-state index contributed by atoms with van der Waals surface area (Å²) in [4.78, 5) is 21.0. The molecule has 3 aromatic heterocycles. The first-order chi connectivity index (χ1) is 13.9. The van der Waals surface area contributed by atoms with Crippen molar-refractivity contribution in [3.05, 3.63) is 60.7 Å². The Morgan fingerprint density at radius 3 is 2.59 bits per heavy atom. The predicted octanol–water partition coefficient (Wildman–Crippen LogP) is 4.53. The molecule has 0 fully saturated rings. The molecule has 0 aliphatic heterocycles. The van der Waals surface area contributed by atoms with Gasteiger partial charge in [0.15, 0.2) is 0 Å². The number of pyridine rings is 1. The number of rotatable bonds is 6. The normalized spacial score (nSPS) is 12.4. The summed E-state index contributed by atoms with van der Waals surface area (Å²) >= 11 is 1.61. The molecule has 1 unspecified atom stereocenters. The second-order valence-electron chi connectivity index (χ2n) is 7.36. The van der Waals surface area contributed by atoms with Gasteiger partial charge in [-0.1, -0.05) is 41.7 Å². The number of imidazole rings is 1. The van der Waals surface area contributed by atoms with Crippen molar-refractivity contribution in [3.63, 3.8) is 0 Å². The number of hydrogen-bond acceptors (Lipinski definition) is 5. The van der Waals surface area contributed by atoms with Gasteiger partial charge in [-0.3, -0.25) is 4.79 Å². The van der Waals surface area contributed by atoms with Crippen LogP contribution >= 0.6 is 11.3 Å². The molecule has 0 bridgehead atoms. The summed E-state index contributed by atoms with van der Waals surface area (Å²) < 4.78 is 1.96. The number of nitrogens with one attached hydrogen (secondary N) is 1. The Morgan fingerprint density at radius 1 is 1.14 bits per heavy atom. The van der Waals surface area contributed by atoms with Crippen molar-refractivity contribution < 1.29 is 4.79 Å². The lowest BCUT2D eigenvalue weighted by Gasteiger charge is -2.07. The molecule has 29 heavy (non-hydrogen) atoms. The topological polar surface area (TPSA) is 85.3 Å². The molecule has 1 atom stereocenters. The van der Waals surface area contributed by atoms with E-state index in [0.29, 0.717) is 11.7 Å². The monoisotopic (exact) mass is 405 g/mol. The Morgan fingerprint density at radius 2 is 1.90 bits per heavy atom. The van der Waals surface area contributed by atoms with E-state index in [-0.39, 0.29) is 5.91 Å². The fourth-order valence-corrected chi connectivity index (χ4v) is 4.12. The van der Waals surface area contributed by atoms with E-state index in [4.69, 9.17) is 10.7 Å². The molecule has 0 aliphatic rings. The van der Waals surface area contributed by atoms with Gasteiger partial charge >= 0.3 is 0 Å². The van der Waals surface area contributed by atoms with E-state index in [1.54, 1.807) is 18.3 Å². The summed E-state index contributed by atoms with van der Waals surface area (Å²) in [5.74, 6) is -0.845. The third kappa shape index (κ3) is 3.86. The standard InChI is InChI=1S/C22H23N5OS/c1-13(2)25-19-10-24-22(29-19)16-9-17(15-7-5-4-6-8-15)21-26-18(12-27(21)11-16)14(3)20(23)28/h4-14,25H,1-3H3,(H2,23,28). The molecule has 0 saturated heterocycles. The van der Waals surface area contributed by atoms with Crippen molar-refractivity contribution in [1.29, 1.82) is 0 Å². The second-order valence-corrected chi connectivity index (χ2v) is 8.39. The number of carbonyl (C=O) groups excluding carboxylic acids is 1. The van der Waals surface area contributed by atoms with Crippen LogP contribution < -0.4 is 11.1 Å². The van der Waals surface area contributed by atoms with Gasteiger partial charge in [-0.05, 0) is 32.4 Å². The van der Waals surface area contributed by atoms with Gasteiger partial charge in [0.05, 0.1) is 17.8 Å². The molecule has 0 aliphatic carbocycles. The van der Waals surface area contributed by atoms with E-state index >= 15 is 0 Å². The van der Waals surface area contributed by atoms with Gasteiger partial charge in [-0.25, -0.2) is 9.97 Å². The summed E-state index contributed by atoms with van der Waals surface area (Å²) in [5.41, 5.74) is 9.99. The summed E-state index contributed by atoms with van der Waals surface area (Å²) in [6, 6.07) is 12.6. The fourth-order valence-electron chi connectivity index (χ4n) is 3.18. The van der Waals surface area contributed by atoms with Crippen molar-refractivity contribution in [2.45, 2.75) is 32.7 Å². The average Bonchev–Trinajstić information content (AvgIpc) is 3.33. The van der Waals surface area contributed by atoms with Crippen molar-refractivity contribution in [2.75, 3.05) is 5.32 Å². The minimum Gasteiger partial charge on any atom is -0.373 e. The maximum atomic E-state index is 11.7. The van der Waals surface area contributed by atoms with Crippen LogP contribution in [0.3, 0.4) is 0 Å². The molecule has 3 N–H and O–H groups in total. The second kappa shape index (κ2) is 7.67. The van der Waals surface area contributed by atoms with Crippen LogP contribution in [0.4, 0.5) is 5.00 Å². The number of aromatic nitrogens is 3. The minimum absolute atomic E-state index is 0.345. The number of primary amides is 1. The molecule has 0 spiro atoms. The summed E-state index contributed by atoms with van der Waals surface area (Å²) in [6.07, 6.45) is 5.74. The van der Waals surface area contributed by atoms with Crippen molar-refractivity contribution in [1.82, 2.24) is 14.4 Å². The van der Waals surface area contributed by atoms with Crippen LogP contribution in [0.1, 0.15) is 32.4 Å². The Labute approximate surface area is 173 Å². The van der Waals surface area contributed by atoms with Crippen LogP contribution in [0.25, 0.3) is 27.3 Å². The molecule has 0 radical (unpaired) electrons.